The van der Waals surface area contributed by atoms with Crippen LogP contribution in [0.5, 0.6) is 5.75 Å². The molecule has 92 valence electrons. The lowest BCUT2D eigenvalue weighted by atomic mass is 10.0. The Balaban J connectivity index is 2.17. The van der Waals surface area contributed by atoms with Gasteiger partial charge in [0.25, 0.3) is 0 Å². The number of hydrogen-bond acceptors (Lipinski definition) is 3. The Labute approximate surface area is 110 Å². The lowest BCUT2D eigenvalue weighted by Crippen LogP contribution is -1.85. The van der Waals surface area contributed by atoms with Gasteiger partial charge < -0.3 is 5.11 Å². The summed E-state index contributed by atoms with van der Waals surface area (Å²) in [5.74, 6) is 0.222. The molecule has 0 aliphatic rings. The van der Waals surface area contributed by atoms with Crippen molar-refractivity contribution in [3.8, 4) is 16.9 Å². The number of phenols is 1. The zero-order valence-corrected chi connectivity index (χ0v) is 10.1. The molecule has 0 saturated heterocycles. The van der Waals surface area contributed by atoms with Crippen molar-refractivity contribution in [1.82, 2.24) is 4.98 Å². The molecule has 1 N–H and O–H groups in total. The van der Waals surface area contributed by atoms with Gasteiger partial charge in [-0.1, -0.05) is 12.1 Å². The van der Waals surface area contributed by atoms with Gasteiger partial charge in [-0.3, -0.25) is 9.78 Å². The SMILES string of the molecule is O=Cc1ccc2ncc(-c3cccc(O)c3)cc2c1. The molecule has 0 radical (unpaired) electrons. The van der Waals surface area contributed by atoms with E-state index in [4.69, 9.17) is 0 Å². The van der Waals surface area contributed by atoms with E-state index in [1.807, 2.05) is 24.3 Å². The molecule has 2 aromatic carbocycles. The standard InChI is InChI=1S/C16H11NO2/c18-10-11-4-5-16-13(6-11)7-14(9-17-16)12-2-1-3-15(19)8-12/h1-10,19H. The Hall–Kier alpha value is -2.68. The Morgan fingerprint density at radius 2 is 1.89 bits per heavy atom. The molecule has 0 bridgehead atoms. The van der Waals surface area contributed by atoms with Crippen LogP contribution in [0.15, 0.2) is 54.7 Å². The molecule has 19 heavy (non-hydrogen) atoms. The number of pyridine rings is 1. The maximum Gasteiger partial charge on any atom is 0.150 e. The van der Waals surface area contributed by atoms with Crippen molar-refractivity contribution in [3.05, 3.63) is 60.3 Å². The third-order valence-corrected chi connectivity index (χ3v) is 3.02. The number of benzene rings is 2. The number of rotatable bonds is 2. The predicted molar refractivity (Wildman–Crippen MR) is 74.2 cm³/mol. The molecule has 0 atom stereocenters. The van der Waals surface area contributed by atoms with Crippen molar-refractivity contribution >= 4 is 17.2 Å². The first kappa shape index (κ1) is 11.4. The van der Waals surface area contributed by atoms with E-state index in [2.05, 4.69) is 4.98 Å². The summed E-state index contributed by atoms with van der Waals surface area (Å²) in [5, 5.41) is 10.4. The van der Waals surface area contributed by atoms with Crippen LogP contribution in [0, 0.1) is 0 Å². The van der Waals surface area contributed by atoms with Gasteiger partial charge in [-0.25, -0.2) is 0 Å². The molecule has 0 aliphatic carbocycles. The topological polar surface area (TPSA) is 50.2 Å². The lowest BCUT2D eigenvalue weighted by Gasteiger charge is -2.04. The van der Waals surface area contributed by atoms with Crippen molar-refractivity contribution in [3.63, 3.8) is 0 Å². The quantitative estimate of drug-likeness (QED) is 0.708. The fourth-order valence-electron chi connectivity index (χ4n) is 2.07. The number of fused-ring (bicyclic) bond motifs is 1. The van der Waals surface area contributed by atoms with E-state index < -0.39 is 0 Å². The van der Waals surface area contributed by atoms with Crippen LogP contribution >= 0.6 is 0 Å². The number of aromatic hydroxyl groups is 1. The summed E-state index contributed by atoms with van der Waals surface area (Å²) in [4.78, 5) is 15.2. The molecule has 1 aromatic heterocycles. The average molecular weight is 249 g/mol. The third-order valence-electron chi connectivity index (χ3n) is 3.02. The van der Waals surface area contributed by atoms with Crippen LogP contribution < -0.4 is 0 Å². The van der Waals surface area contributed by atoms with Crippen LogP contribution in [0.3, 0.4) is 0 Å². The molecular weight excluding hydrogens is 238 g/mol. The number of carbonyl (C=O) groups excluding carboxylic acids is 1. The van der Waals surface area contributed by atoms with Crippen LogP contribution in [0.2, 0.25) is 0 Å². The summed E-state index contributed by atoms with van der Waals surface area (Å²) in [7, 11) is 0. The fraction of sp³-hybridized carbons (Fsp3) is 0. The number of aromatic nitrogens is 1. The van der Waals surface area contributed by atoms with Crippen molar-refractivity contribution < 1.29 is 9.90 Å². The van der Waals surface area contributed by atoms with E-state index in [0.29, 0.717) is 5.56 Å². The molecule has 3 aromatic rings. The van der Waals surface area contributed by atoms with Gasteiger partial charge >= 0.3 is 0 Å². The van der Waals surface area contributed by atoms with Crippen molar-refractivity contribution in [2.24, 2.45) is 0 Å². The van der Waals surface area contributed by atoms with E-state index in [1.165, 1.54) is 0 Å². The molecule has 3 rings (SSSR count). The zero-order valence-electron chi connectivity index (χ0n) is 10.1. The maximum absolute atomic E-state index is 10.8. The van der Waals surface area contributed by atoms with Gasteiger partial charge in [-0.2, -0.15) is 0 Å². The van der Waals surface area contributed by atoms with Crippen LogP contribution in [0.4, 0.5) is 0 Å². The molecule has 1 heterocycles. The summed E-state index contributed by atoms with van der Waals surface area (Å²) < 4.78 is 0. The average Bonchev–Trinajstić information content (AvgIpc) is 2.46. The highest BCUT2D eigenvalue weighted by Gasteiger charge is 2.02. The highest BCUT2D eigenvalue weighted by Crippen LogP contribution is 2.25. The van der Waals surface area contributed by atoms with Crippen molar-refractivity contribution in [2.45, 2.75) is 0 Å². The first-order valence-electron chi connectivity index (χ1n) is 5.91. The maximum atomic E-state index is 10.8. The Kier molecular flexibility index (Phi) is 2.72. The second kappa shape index (κ2) is 4.53. The first-order chi connectivity index (χ1) is 9.26. The number of nitrogens with zero attached hydrogens (tertiary/aromatic N) is 1. The molecule has 0 unspecified atom stereocenters. The second-order valence-corrected chi connectivity index (χ2v) is 4.34. The molecule has 3 nitrogen and oxygen atoms in total. The number of aldehydes is 1. The third kappa shape index (κ3) is 2.18. The minimum Gasteiger partial charge on any atom is -0.508 e. The van der Waals surface area contributed by atoms with Gasteiger partial charge in [0.1, 0.15) is 12.0 Å². The summed E-state index contributed by atoms with van der Waals surface area (Å²) >= 11 is 0. The smallest absolute Gasteiger partial charge is 0.150 e. The van der Waals surface area contributed by atoms with E-state index in [-0.39, 0.29) is 5.75 Å². The largest absolute Gasteiger partial charge is 0.508 e. The summed E-state index contributed by atoms with van der Waals surface area (Å²) in [6.45, 7) is 0. The van der Waals surface area contributed by atoms with Gasteiger partial charge in [0.05, 0.1) is 5.52 Å². The van der Waals surface area contributed by atoms with Gasteiger partial charge in [-0.05, 0) is 42.0 Å². The minimum atomic E-state index is 0.222. The Morgan fingerprint density at radius 3 is 2.68 bits per heavy atom. The number of phenolic OH excluding ortho intramolecular Hbond substituents is 1. The Bertz CT molecular complexity index is 766. The fourth-order valence-corrected chi connectivity index (χ4v) is 2.07. The van der Waals surface area contributed by atoms with Crippen molar-refractivity contribution in [1.29, 1.82) is 0 Å². The molecule has 0 aliphatic heterocycles. The van der Waals surface area contributed by atoms with Crippen molar-refractivity contribution in [2.75, 3.05) is 0 Å². The molecule has 0 saturated carbocycles. The zero-order chi connectivity index (χ0) is 13.2. The van der Waals surface area contributed by atoms with Gasteiger partial charge in [0.2, 0.25) is 0 Å². The highest BCUT2D eigenvalue weighted by molar-refractivity contribution is 5.89. The lowest BCUT2D eigenvalue weighted by molar-refractivity contribution is 0.112. The molecule has 3 heteroatoms. The van der Waals surface area contributed by atoms with Crippen LogP contribution in [-0.4, -0.2) is 16.4 Å². The normalized spacial score (nSPS) is 10.5. The number of hydrogen-bond donors (Lipinski definition) is 1. The summed E-state index contributed by atoms with van der Waals surface area (Å²) in [6, 6.07) is 14.4. The van der Waals surface area contributed by atoms with Gasteiger partial charge in [0, 0.05) is 22.7 Å². The number of carbonyl (C=O) groups is 1. The molecular formula is C16H11NO2. The monoisotopic (exact) mass is 249 g/mol. The molecule has 0 fully saturated rings. The van der Waals surface area contributed by atoms with Crippen LogP contribution in [0.25, 0.3) is 22.0 Å². The van der Waals surface area contributed by atoms with E-state index >= 15 is 0 Å². The first-order valence-corrected chi connectivity index (χ1v) is 5.91. The molecule has 0 amide bonds. The highest BCUT2D eigenvalue weighted by atomic mass is 16.3. The van der Waals surface area contributed by atoms with E-state index in [9.17, 15) is 9.90 Å². The van der Waals surface area contributed by atoms with Crippen LogP contribution in [-0.2, 0) is 0 Å². The summed E-state index contributed by atoms with van der Waals surface area (Å²) in [5.41, 5.74) is 3.27. The predicted octanol–water partition coefficient (Wildman–Crippen LogP) is 3.42. The summed E-state index contributed by atoms with van der Waals surface area (Å²) in [6.07, 6.45) is 2.58. The van der Waals surface area contributed by atoms with Gasteiger partial charge in [-0.15, -0.1) is 0 Å². The minimum absolute atomic E-state index is 0.222. The van der Waals surface area contributed by atoms with Gasteiger partial charge in [0.15, 0.2) is 0 Å². The molecule has 0 spiro atoms. The van der Waals surface area contributed by atoms with E-state index in [0.717, 1.165) is 28.3 Å². The van der Waals surface area contributed by atoms with E-state index in [1.54, 1.807) is 30.5 Å². The van der Waals surface area contributed by atoms with Crippen LogP contribution in [0.1, 0.15) is 10.4 Å². The second-order valence-electron chi connectivity index (χ2n) is 4.34. The Morgan fingerprint density at radius 1 is 1.00 bits per heavy atom.